The maximum atomic E-state index is 14.3. The number of rotatable bonds is 27. The number of amides is 2. The van der Waals surface area contributed by atoms with Gasteiger partial charge in [0, 0.05) is 58.3 Å². The summed E-state index contributed by atoms with van der Waals surface area (Å²) in [7, 11) is 0. The van der Waals surface area contributed by atoms with Gasteiger partial charge in [0.15, 0.2) is 0 Å². The Morgan fingerprint density at radius 2 is 0.791 bits per heavy atom. The van der Waals surface area contributed by atoms with Gasteiger partial charge in [-0.05, 0) is 122 Å². The molecule has 2 fully saturated rings. The minimum Gasteiger partial charge on any atom is -0.462 e. The van der Waals surface area contributed by atoms with Gasteiger partial charge in [0.1, 0.15) is 35.2 Å². The minimum atomic E-state index is -0.390. The number of para-hydroxylation sites is 6. The summed E-state index contributed by atoms with van der Waals surface area (Å²) in [5.74, 6) is 3.56. The Kier molecular flexibility index (Phi) is 21.9. The molecule has 0 aromatic heterocycles. The first-order chi connectivity index (χ1) is 41.9. The van der Waals surface area contributed by atoms with Crippen molar-refractivity contribution in [2.45, 2.75) is 218 Å². The lowest BCUT2D eigenvalue weighted by Gasteiger charge is -2.28. The first-order valence-electron chi connectivity index (χ1n) is 32.9. The molecule has 0 spiro atoms. The highest BCUT2D eigenvalue weighted by molar-refractivity contribution is 5.94. The van der Waals surface area contributed by atoms with E-state index in [9.17, 15) is 19.2 Å². The van der Waals surface area contributed by atoms with E-state index in [1.165, 1.54) is 64.2 Å². The molecule has 2 saturated carbocycles. The van der Waals surface area contributed by atoms with E-state index in [1.807, 2.05) is 72.8 Å². The molecule has 0 bridgehead atoms. The number of aryl methyl sites for hydroxylation is 2. The van der Waals surface area contributed by atoms with Crippen LogP contribution < -0.4 is 20.1 Å². The zero-order chi connectivity index (χ0) is 59.8. The molecule has 10 rings (SSSR count). The number of hydrogen-bond donors (Lipinski definition) is 2. The molecular weight excluding hydrogens is 1070 g/mol. The van der Waals surface area contributed by atoms with E-state index in [2.05, 4.69) is 99.0 Å². The molecule has 2 atom stereocenters. The average Bonchev–Trinajstić information content (AvgIpc) is 1.50. The van der Waals surface area contributed by atoms with Crippen molar-refractivity contribution in [1.29, 1.82) is 0 Å². The van der Waals surface area contributed by atoms with Crippen molar-refractivity contribution in [2.75, 3.05) is 10.6 Å². The van der Waals surface area contributed by atoms with Crippen LogP contribution in [0.3, 0.4) is 0 Å². The number of nitrogens with one attached hydrogen (secondary N) is 2. The van der Waals surface area contributed by atoms with Crippen LogP contribution >= 0.6 is 0 Å². The van der Waals surface area contributed by atoms with Crippen LogP contribution in [0.4, 0.5) is 11.4 Å². The van der Waals surface area contributed by atoms with Gasteiger partial charge in [-0.3, -0.25) is 19.2 Å². The number of anilines is 2. The van der Waals surface area contributed by atoms with Crippen LogP contribution in [0.2, 0.25) is 0 Å². The van der Waals surface area contributed by atoms with Gasteiger partial charge in [0.2, 0.25) is 11.8 Å². The number of fused-ring (bicyclic) bond motifs is 4. The Labute approximate surface area is 511 Å². The van der Waals surface area contributed by atoms with E-state index in [-0.39, 0.29) is 73.4 Å². The van der Waals surface area contributed by atoms with Crippen LogP contribution in [0.15, 0.2) is 133 Å². The average molecular weight is 1160 g/mol. The van der Waals surface area contributed by atoms with Crippen LogP contribution in [0.5, 0.6) is 23.0 Å². The Bertz CT molecular complexity index is 2940. The quantitative estimate of drug-likeness (QED) is 0.0488. The molecule has 10 heteroatoms. The molecule has 2 unspecified atom stereocenters. The molecule has 2 amide bonds. The first kappa shape index (κ1) is 61.9. The number of hydrogen-bond acceptors (Lipinski definition) is 8. The van der Waals surface area contributed by atoms with Crippen LogP contribution in [0.1, 0.15) is 237 Å². The second-order valence-electron chi connectivity index (χ2n) is 25.7. The van der Waals surface area contributed by atoms with Crippen molar-refractivity contribution in [1.82, 2.24) is 0 Å². The standard InChI is InChI=1S/C76H92N2O8/c1-51(2)59-37-21-29-55(75(59)77-71(79)49-65-61-33-11-15-39-67(61)85-68-40-16-12-34-62(65)68)43-45-57(31-19-27-53-23-7-5-8-24-53)83-73(81)47-48-74(82)84-58(32-20-28-54-25-9-6-10-26-54)46-44-56-30-22-38-60(52(3)4)76(56)78-72(80)50-66-63-35-13-17-41-69(63)86-70-42-18-14-36-64(66)70/h11-18,21-22,29-30,33-42,51-54,57-58,65-66H,5-10,19-20,23-28,31-32,43-50H2,1-4H3,(H,77,79)(H,78,80). The SMILES string of the molecule is CC(C)c1cccc(CCC(CCCC2CCCCC2)OC(=O)CCC(=O)OC(CCCC2CCCCC2)CCc2cccc(C(C)C)c2NC(=O)CC2c3ccccc3Oc3ccccc32)c1NC(=O)CC1c2ccccc2Oc2ccccc21. The topological polar surface area (TPSA) is 129 Å². The maximum absolute atomic E-state index is 14.3. The van der Waals surface area contributed by atoms with Gasteiger partial charge in [-0.1, -0.05) is 214 Å². The molecule has 10 nitrogen and oxygen atoms in total. The first-order valence-corrected chi connectivity index (χ1v) is 32.9. The lowest BCUT2D eigenvalue weighted by molar-refractivity contribution is -0.156. The van der Waals surface area contributed by atoms with Crippen LogP contribution in [0, 0.1) is 11.8 Å². The molecule has 6 aromatic carbocycles. The fraction of sp³-hybridized carbons (Fsp3) is 0.474. The molecule has 2 heterocycles. The fourth-order valence-electron chi connectivity index (χ4n) is 14.2. The van der Waals surface area contributed by atoms with Crippen LogP contribution in [-0.4, -0.2) is 36.0 Å². The van der Waals surface area contributed by atoms with E-state index in [1.54, 1.807) is 0 Å². The molecule has 86 heavy (non-hydrogen) atoms. The molecule has 4 aliphatic rings. The predicted molar refractivity (Wildman–Crippen MR) is 344 cm³/mol. The van der Waals surface area contributed by atoms with Crippen molar-refractivity contribution in [3.05, 3.63) is 178 Å². The number of carbonyl (C=O) groups is 4. The highest BCUT2D eigenvalue weighted by Crippen LogP contribution is 2.48. The Hall–Kier alpha value is -7.20. The smallest absolute Gasteiger partial charge is 0.306 e. The van der Waals surface area contributed by atoms with E-state index in [4.69, 9.17) is 18.9 Å². The highest BCUT2D eigenvalue weighted by Gasteiger charge is 2.32. The third kappa shape index (κ3) is 16.4. The summed E-state index contributed by atoms with van der Waals surface area (Å²) in [5, 5.41) is 6.79. The minimum absolute atomic E-state index is 0.0654. The number of ether oxygens (including phenoxy) is 4. The number of carbonyl (C=O) groups excluding carboxylic acids is 4. The van der Waals surface area contributed by atoms with Crippen molar-refractivity contribution in [3.8, 4) is 23.0 Å². The monoisotopic (exact) mass is 1160 g/mol. The van der Waals surface area contributed by atoms with Gasteiger partial charge in [0.25, 0.3) is 0 Å². The van der Waals surface area contributed by atoms with Crippen molar-refractivity contribution in [2.24, 2.45) is 11.8 Å². The highest BCUT2D eigenvalue weighted by atomic mass is 16.6. The molecule has 0 saturated heterocycles. The third-order valence-corrected chi connectivity index (χ3v) is 18.9. The van der Waals surface area contributed by atoms with E-state index >= 15 is 0 Å². The molecule has 0 radical (unpaired) electrons. The van der Waals surface area contributed by atoms with Crippen LogP contribution in [-0.2, 0) is 41.5 Å². The van der Waals surface area contributed by atoms with Crippen LogP contribution in [0.25, 0.3) is 0 Å². The normalized spacial score (nSPS) is 15.9. The lowest BCUT2D eigenvalue weighted by Crippen LogP contribution is -2.23. The van der Waals surface area contributed by atoms with E-state index in [0.717, 1.165) is 117 Å². The summed E-state index contributed by atoms with van der Waals surface area (Å²) in [6.07, 6.45) is 20.5. The second-order valence-corrected chi connectivity index (χ2v) is 25.7. The Morgan fingerprint density at radius 1 is 0.442 bits per heavy atom. The predicted octanol–water partition coefficient (Wildman–Crippen LogP) is 19.1. The van der Waals surface area contributed by atoms with Crippen molar-refractivity contribution in [3.63, 3.8) is 0 Å². The lowest BCUT2D eigenvalue weighted by atomic mass is 9.85. The summed E-state index contributed by atoms with van der Waals surface area (Å²) >= 11 is 0. The van der Waals surface area contributed by atoms with Gasteiger partial charge in [-0.15, -0.1) is 0 Å². The summed E-state index contributed by atoms with van der Waals surface area (Å²) < 4.78 is 25.3. The third-order valence-electron chi connectivity index (χ3n) is 18.9. The number of esters is 2. The van der Waals surface area contributed by atoms with Crippen molar-refractivity contribution >= 4 is 35.1 Å². The molecule has 2 N–H and O–H groups in total. The molecule has 454 valence electrons. The largest absolute Gasteiger partial charge is 0.462 e. The summed E-state index contributed by atoms with van der Waals surface area (Å²) in [5.41, 5.74) is 9.82. The summed E-state index contributed by atoms with van der Waals surface area (Å²) in [4.78, 5) is 56.7. The van der Waals surface area contributed by atoms with E-state index in [0.29, 0.717) is 37.5 Å². The Morgan fingerprint density at radius 3 is 1.14 bits per heavy atom. The number of benzene rings is 6. The molecule has 6 aromatic rings. The Balaban J connectivity index is 0.793. The van der Waals surface area contributed by atoms with Crippen molar-refractivity contribution < 1.29 is 38.1 Å². The second kappa shape index (κ2) is 30.4. The van der Waals surface area contributed by atoms with Gasteiger partial charge in [-0.25, -0.2) is 0 Å². The summed E-state index contributed by atoms with van der Waals surface area (Å²) in [6, 6.07) is 44.4. The van der Waals surface area contributed by atoms with Gasteiger partial charge in [-0.2, -0.15) is 0 Å². The zero-order valence-corrected chi connectivity index (χ0v) is 51.6. The molecule has 2 aliphatic carbocycles. The summed E-state index contributed by atoms with van der Waals surface area (Å²) in [6.45, 7) is 8.60. The van der Waals surface area contributed by atoms with Gasteiger partial charge >= 0.3 is 11.9 Å². The fourth-order valence-corrected chi connectivity index (χ4v) is 14.2. The zero-order valence-electron chi connectivity index (χ0n) is 51.6. The molecule has 2 aliphatic heterocycles. The molecular formula is C76H92N2O8. The van der Waals surface area contributed by atoms with Gasteiger partial charge < -0.3 is 29.6 Å². The van der Waals surface area contributed by atoms with Gasteiger partial charge in [0.05, 0.1) is 12.8 Å². The maximum Gasteiger partial charge on any atom is 0.306 e. The van der Waals surface area contributed by atoms with E-state index < -0.39 is 11.9 Å².